The van der Waals surface area contributed by atoms with Gasteiger partial charge >= 0.3 is 5.97 Å². The van der Waals surface area contributed by atoms with E-state index >= 15 is 0 Å². The Hall–Kier alpha value is -2.57. The fourth-order valence-electron chi connectivity index (χ4n) is 3.96. The highest BCUT2D eigenvalue weighted by molar-refractivity contribution is 5.76. The third-order valence-electron chi connectivity index (χ3n) is 5.65. The van der Waals surface area contributed by atoms with Crippen molar-refractivity contribution < 1.29 is 19.0 Å². The summed E-state index contributed by atoms with van der Waals surface area (Å²) in [7, 11) is 3.35. The second-order valence-electron chi connectivity index (χ2n) is 9.28. The van der Waals surface area contributed by atoms with E-state index in [1.807, 2.05) is 45.0 Å². The van der Waals surface area contributed by atoms with Gasteiger partial charge in [0.05, 0.1) is 14.2 Å². The molecular formula is C26H36N2O4. The number of esters is 1. The molecule has 1 fully saturated rings. The highest BCUT2D eigenvalue weighted by Crippen LogP contribution is 2.22. The predicted molar refractivity (Wildman–Crippen MR) is 126 cm³/mol. The van der Waals surface area contributed by atoms with Crippen LogP contribution in [0.5, 0.6) is 11.5 Å². The normalized spacial score (nSPS) is 18.1. The molecule has 6 heteroatoms. The average Bonchev–Trinajstić information content (AvgIpc) is 2.96. The number of hydrogen-bond donors (Lipinski definition) is 0. The summed E-state index contributed by atoms with van der Waals surface area (Å²) < 4.78 is 16.3. The quantitative estimate of drug-likeness (QED) is 0.604. The second-order valence-corrected chi connectivity index (χ2v) is 9.28. The first-order valence-corrected chi connectivity index (χ1v) is 11.2. The molecule has 6 nitrogen and oxygen atoms in total. The molecule has 3 rings (SSSR count). The third-order valence-corrected chi connectivity index (χ3v) is 5.65. The van der Waals surface area contributed by atoms with Gasteiger partial charge in [-0.05, 0) is 62.6 Å². The number of rotatable bonds is 7. The molecule has 174 valence electrons. The first kappa shape index (κ1) is 24.1. The van der Waals surface area contributed by atoms with Gasteiger partial charge in [0.25, 0.3) is 0 Å². The van der Waals surface area contributed by atoms with Crippen molar-refractivity contribution in [2.24, 2.45) is 0 Å². The van der Waals surface area contributed by atoms with E-state index in [0.717, 1.165) is 49.7 Å². The van der Waals surface area contributed by atoms with E-state index in [9.17, 15) is 4.79 Å². The minimum atomic E-state index is -0.502. The highest BCUT2D eigenvalue weighted by Gasteiger charge is 2.33. The fraction of sp³-hybridized carbons (Fsp3) is 0.500. The van der Waals surface area contributed by atoms with Gasteiger partial charge in [-0.3, -0.25) is 14.6 Å². The molecule has 0 radical (unpaired) electrons. The zero-order valence-electron chi connectivity index (χ0n) is 20.0. The Morgan fingerprint density at radius 2 is 1.38 bits per heavy atom. The Bertz CT molecular complexity index is 859. The van der Waals surface area contributed by atoms with Gasteiger partial charge in [0.2, 0.25) is 0 Å². The van der Waals surface area contributed by atoms with Crippen LogP contribution in [0.3, 0.4) is 0 Å². The van der Waals surface area contributed by atoms with Crippen LogP contribution in [0, 0.1) is 0 Å². The van der Waals surface area contributed by atoms with E-state index in [1.165, 1.54) is 5.56 Å². The van der Waals surface area contributed by atoms with Crippen molar-refractivity contribution in [2.75, 3.05) is 33.9 Å². The molecule has 2 aromatic carbocycles. The molecule has 0 N–H and O–H groups in total. The second kappa shape index (κ2) is 10.8. The maximum atomic E-state index is 13.1. The topological polar surface area (TPSA) is 51.2 Å². The van der Waals surface area contributed by atoms with Crippen molar-refractivity contribution >= 4 is 5.97 Å². The SMILES string of the molecule is COc1ccc(CN2CCC(C(=O)OC(C)(C)C)N(Cc3ccc(OC)cc3)CC2)cc1. The summed E-state index contributed by atoms with van der Waals surface area (Å²) in [6.45, 7) is 9.84. The Morgan fingerprint density at radius 3 is 1.88 bits per heavy atom. The summed E-state index contributed by atoms with van der Waals surface area (Å²) in [5.41, 5.74) is 1.89. The summed E-state index contributed by atoms with van der Waals surface area (Å²) in [5.74, 6) is 1.55. The molecule has 1 saturated heterocycles. The van der Waals surface area contributed by atoms with Gasteiger partial charge in [-0.1, -0.05) is 24.3 Å². The van der Waals surface area contributed by atoms with Crippen LogP contribution >= 0.6 is 0 Å². The fourth-order valence-corrected chi connectivity index (χ4v) is 3.96. The lowest BCUT2D eigenvalue weighted by molar-refractivity contribution is -0.161. The monoisotopic (exact) mass is 440 g/mol. The Kier molecular flexibility index (Phi) is 8.15. The number of carbonyl (C=O) groups excluding carboxylic acids is 1. The zero-order valence-corrected chi connectivity index (χ0v) is 20.0. The maximum Gasteiger partial charge on any atom is 0.323 e. The van der Waals surface area contributed by atoms with Gasteiger partial charge in [0.15, 0.2) is 0 Å². The first-order valence-electron chi connectivity index (χ1n) is 11.2. The Labute approximate surface area is 192 Å². The molecule has 0 aromatic heterocycles. The summed E-state index contributed by atoms with van der Waals surface area (Å²) in [5, 5.41) is 0. The lowest BCUT2D eigenvalue weighted by atomic mass is 10.1. The summed E-state index contributed by atoms with van der Waals surface area (Å²) in [4.78, 5) is 17.8. The molecule has 0 amide bonds. The zero-order chi connectivity index (χ0) is 23.1. The van der Waals surface area contributed by atoms with Crippen molar-refractivity contribution in [3.63, 3.8) is 0 Å². The van der Waals surface area contributed by atoms with E-state index in [2.05, 4.69) is 34.1 Å². The van der Waals surface area contributed by atoms with Crippen LogP contribution in [0.15, 0.2) is 48.5 Å². The standard InChI is InChI=1S/C26H36N2O4/c1-26(2,3)32-25(29)24-14-15-27(18-20-6-10-22(30-4)11-7-20)16-17-28(24)19-21-8-12-23(31-5)13-9-21/h6-13,24H,14-19H2,1-5H3. The van der Waals surface area contributed by atoms with Crippen molar-refractivity contribution in [1.29, 1.82) is 0 Å². The van der Waals surface area contributed by atoms with E-state index in [1.54, 1.807) is 14.2 Å². The minimum absolute atomic E-state index is 0.141. The lowest BCUT2D eigenvalue weighted by Crippen LogP contribution is -2.44. The third kappa shape index (κ3) is 6.97. The van der Waals surface area contributed by atoms with Gasteiger partial charge in [0.1, 0.15) is 23.1 Å². The lowest BCUT2D eigenvalue weighted by Gasteiger charge is -2.30. The van der Waals surface area contributed by atoms with Crippen LogP contribution < -0.4 is 9.47 Å². The summed E-state index contributed by atoms with van der Waals surface area (Å²) in [6, 6.07) is 16.0. The molecule has 1 atom stereocenters. The molecule has 0 spiro atoms. The van der Waals surface area contributed by atoms with Crippen molar-refractivity contribution in [3.8, 4) is 11.5 Å². The van der Waals surface area contributed by atoms with Gasteiger partial charge < -0.3 is 14.2 Å². The van der Waals surface area contributed by atoms with Crippen LogP contribution in [0.1, 0.15) is 38.3 Å². The molecule has 0 bridgehead atoms. The molecular weight excluding hydrogens is 404 g/mol. The number of methoxy groups -OCH3 is 2. The molecule has 1 aliphatic heterocycles. The first-order chi connectivity index (χ1) is 15.3. The van der Waals surface area contributed by atoms with E-state index in [4.69, 9.17) is 14.2 Å². The van der Waals surface area contributed by atoms with Crippen molar-refractivity contribution in [2.45, 2.75) is 51.9 Å². The largest absolute Gasteiger partial charge is 0.497 e. The van der Waals surface area contributed by atoms with Gasteiger partial charge in [0, 0.05) is 32.7 Å². The Balaban J connectivity index is 1.72. The smallest absolute Gasteiger partial charge is 0.323 e. The number of nitrogens with zero attached hydrogens (tertiary/aromatic N) is 2. The molecule has 1 heterocycles. The van der Waals surface area contributed by atoms with Gasteiger partial charge in [-0.25, -0.2) is 0 Å². The van der Waals surface area contributed by atoms with Crippen LogP contribution in [0.4, 0.5) is 0 Å². The number of carbonyl (C=O) groups is 1. The van der Waals surface area contributed by atoms with E-state index < -0.39 is 5.60 Å². The molecule has 32 heavy (non-hydrogen) atoms. The van der Waals surface area contributed by atoms with Crippen molar-refractivity contribution in [1.82, 2.24) is 9.80 Å². The number of benzene rings is 2. The van der Waals surface area contributed by atoms with Crippen LogP contribution in [-0.4, -0.2) is 61.3 Å². The predicted octanol–water partition coefficient (Wildman–Crippen LogP) is 4.12. The van der Waals surface area contributed by atoms with Crippen LogP contribution in [0.25, 0.3) is 0 Å². The summed E-state index contributed by atoms with van der Waals surface area (Å²) >= 11 is 0. The minimum Gasteiger partial charge on any atom is -0.497 e. The molecule has 1 unspecified atom stereocenters. The van der Waals surface area contributed by atoms with Gasteiger partial charge in [-0.2, -0.15) is 0 Å². The van der Waals surface area contributed by atoms with E-state index in [0.29, 0.717) is 6.54 Å². The van der Waals surface area contributed by atoms with Crippen LogP contribution in [0.2, 0.25) is 0 Å². The molecule has 0 saturated carbocycles. The van der Waals surface area contributed by atoms with E-state index in [-0.39, 0.29) is 12.0 Å². The van der Waals surface area contributed by atoms with Crippen molar-refractivity contribution in [3.05, 3.63) is 59.7 Å². The number of ether oxygens (including phenoxy) is 3. The highest BCUT2D eigenvalue weighted by atomic mass is 16.6. The molecule has 1 aliphatic rings. The number of hydrogen-bond acceptors (Lipinski definition) is 6. The van der Waals surface area contributed by atoms with Crippen LogP contribution in [-0.2, 0) is 22.6 Å². The Morgan fingerprint density at radius 1 is 0.844 bits per heavy atom. The maximum absolute atomic E-state index is 13.1. The molecule has 0 aliphatic carbocycles. The molecule has 2 aromatic rings. The van der Waals surface area contributed by atoms with Gasteiger partial charge in [-0.15, -0.1) is 0 Å². The summed E-state index contributed by atoms with van der Waals surface area (Å²) in [6.07, 6.45) is 0.737. The average molecular weight is 441 g/mol.